The van der Waals surface area contributed by atoms with Crippen molar-refractivity contribution in [1.29, 1.82) is 0 Å². The first-order chi connectivity index (χ1) is 11.5. The van der Waals surface area contributed by atoms with Crippen LogP contribution in [0.2, 0.25) is 0 Å². The number of amides is 2. The zero-order valence-corrected chi connectivity index (χ0v) is 15.2. The van der Waals surface area contributed by atoms with E-state index >= 15 is 0 Å². The Morgan fingerprint density at radius 1 is 1.08 bits per heavy atom. The van der Waals surface area contributed by atoms with E-state index in [-0.39, 0.29) is 18.6 Å². The molecule has 0 aromatic heterocycles. The molecule has 0 bridgehead atoms. The summed E-state index contributed by atoms with van der Waals surface area (Å²) < 4.78 is 0. The number of rotatable bonds is 4. The fourth-order valence-corrected chi connectivity index (χ4v) is 3.96. The summed E-state index contributed by atoms with van der Waals surface area (Å²) in [6.45, 7) is 3.85. The third-order valence-electron chi connectivity index (χ3n) is 5.58. The van der Waals surface area contributed by atoms with Gasteiger partial charge in [-0.25, -0.2) is 4.79 Å². The smallest absolute Gasteiger partial charge is 0.317 e. The summed E-state index contributed by atoms with van der Waals surface area (Å²) >= 11 is 0. The summed E-state index contributed by atoms with van der Waals surface area (Å²) in [4.78, 5) is 27.3. The van der Waals surface area contributed by atoms with Crippen molar-refractivity contribution in [3.63, 3.8) is 0 Å². The van der Waals surface area contributed by atoms with E-state index in [1.54, 1.807) is 0 Å². The molecule has 6 nitrogen and oxygen atoms in total. The molecule has 6 heteroatoms. The Bertz CT molecular complexity index is 430. The minimum Gasteiger partial charge on any atom is -0.480 e. The van der Waals surface area contributed by atoms with Crippen LogP contribution in [0.1, 0.15) is 58.3 Å². The lowest BCUT2D eigenvalue weighted by molar-refractivity contribution is -0.138. The second-order valence-electron chi connectivity index (χ2n) is 7.64. The van der Waals surface area contributed by atoms with E-state index in [4.69, 9.17) is 5.11 Å². The Morgan fingerprint density at radius 2 is 1.88 bits per heavy atom. The van der Waals surface area contributed by atoms with E-state index in [0.29, 0.717) is 12.6 Å². The molecule has 1 aliphatic carbocycles. The molecule has 2 N–H and O–H groups in total. The van der Waals surface area contributed by atoms with Crippen molar-refractivity contribution in [3.8, 4) is 0 Å². The molecule has 0 spiro atoms. The second kappa shape index (κ2) is 9.25. The van der Waals surface area contributed by atoms with Crippen molar-refractivity contribution in [3.05, 3.63) is 0 Å². The first-order valence-corrected chi connectivity index (χ1v) is 9.43. The Labute approximate surface area is 145 Å². The van der Waals surface area contributed by atoms with Gasteiger partial charge in [-0.3, -0.25) is 9.69 Å². The lowest BCUT2D eigenvalue weighted by Gasteiger charge is -2.26. The highest BCUT2D eigenvalue weighted by molar-refractivity contribution is 5.74. The number of hydrogen-bond donors (Lipinski definition) is 2. The number of nitrogens with one attached hydrogen (secondary N) is 1. The highest BCUT2D eigenvalue weighted by Crippen LogP contribution is 2.23. The largest absolute Gasteiger partial charge is 0.480 e. The standard InChI is InChI=1S/C18H33N3O3/c1-14-5-3-6-15(9-8-14)19-18(24)21-11-4-7-16(10-12-21)20(2)13-17(22)23/h14-16H,3-13H2,1-2H3,(H,19,24)(H,22,23). The van der Waals surface area contributed by atoms with Crippen LogP contribution >= 0.6 is 0 Å². The van der Waals surface area contributed by atoms with Crippen LogP contribution in [-0.4, -0.2) is 65.7 Å². The molecule has 1 saturated carbocycles. The third-order valence-corrected chi connectivity index (χ3v) is 5.58. The van der Waals surface area contributed by atoms with Gasteiger partial charge >= 0.3 is 12.0 Å². The molecule has 1 heterocycles. The normalized spacial score (nSPS) is 29.0. The Morgan fingerprint density at radius 3 is 2.62 bits per heavy atom. The molecule has 24 heavy (non-hydrogen) atoms. The van der Waals surface area contributed by atoms with E-state index in [9.17, 15) is 9.59 Å². The zero-order valence-electron chi connectivity index (χ0n) is 15.2. The van der Waals surface area contributed by atoms with E-state index in [0.717, 1.165) is 44.6 Å². The van der Waals surface area contributed by atoms with Gasteiger partial charge < -0.3 is 15.3 Å². The Kier molecular flexibility index (Phi) is 7.34. The summed E-state index contributed by atoms with van der Waals surface area (Å²) in [6, 6.07) is 0.630. The van der Waals surface area contributed by atoms with Gasteiger partial charge in [0.25, 0.3) is 0 Å². The van der Waals surface area contributed by atoms with Crippen LogP contribution in [0.3, 0.4) is 0 Å². The predicted molar refractivity (Wildman–Crippen MR) is 94.0 cm³/mol. The summed E-state index contributed by atoms with van der Waals surface area (Å²) in [5, 5.41) is 12.2. The SMILES string of the molecule is CC1CCCC(NC(=O)N2CCCC(N(C)CC(=O)O)CC2)CC1. The summed E-state index contributed by atoms with van der Waals surface area (Å²) in [7, 11) is 1.86. The average molecular weight is 339 g/mol. The maximum absolute atomic E-state index is 12.6. The van der Waals surface area contributed by atoms with Crippen molar-refractivity contribution >= 4 is 12.0 Å². The quantitative estimate of drug-likeness (QED) is 0.772. The van der Waals surface area contributed by atoms with Crippen molar-refractivity contribution in [2.24, 2.45) is 5.92 Å². The van der Waals surface area contributed by atoms with Gasteiger partial charge in [0.15, 0.2) is 0 Å². The molecule has 0 radical (unpaired) electrons. The van der Waals surface area contributed by atoms with Gasteiger partial charge in [0.05, 0.1) is 6.54 Å². The highest BCUT2D eigenvalue weighted by atomic mass is 16.4. The minimum atomic E-state index is -0.793. The maximum atomic E-state index is 12.6. The topological polar surface area (TPSA) is 72.9 Å². The van der Waals surface area contributed by atoms with Crippen LogP contribution in [0.5, 0.6) is 0 Å². The van der Waals surface area contributed by atoms with Crippen LogP contribution in [0.25, 0.3) is 0 Å². The monoisotopic (exact) mass is 339 g/mol. The molecule has 2 fully saturated rings. The van der Waals surface area contributed by atoms with Gasteiger partial charge in [-0.15, -0.1) is 0 Å². The Balaban J connectivity index is 1.80. The molecule has 2 amide bonds. The number of likely N-dealkylation sites (tertiary alicyclic amines) is 1. The van der Waals surface area contributed by atoms with Crippen molar-refractivity contribution in [1.82, 2.24) is 15.1 Å². The van der Waals surface area contributed by atoms with Crippen molar-refractivity contribution < 1.29 is 14.7 Å². The van der Waals surface area contributed by atoms with Crippen LogP contribution in [-0.2, 0) is 4.79 Å². The Hall–Kier alpha value is -1.30. The van der Waals surface area contributed by atoms with Gasteiger partial charge in [-0.1, -0.05) is 19.8 Å². The number of aliphatic carboxylic acids is 1. The molecule has 1 aliphatic heterocycles. The number of nitrogens with zero attached hydrogens (tertiary/aromatic N) is 2. The summed E-state index contributed by atoms with van der Waals surface area (Å²) in [5.41, 5.74) is 0. The van der Waals surface area contributed by atoms with E-state index in [1.807, 2.05) is 16.8 Å². The van der Waals surface area contributed by atoms with E-state index < -0.39 is 5.97 Å². The van der Waals surface area contributed by atoms with Crippen molar-refractivity contribution in [2.45, 2.75) is 70.4 Å². The van der Waals surface area contributed by atoms with E-state index in [2.05, 4.69) is 12.2 Å². The number of carbonyl (C=O) groups excluding carboxylic acids is 1. The molecular weight excluding hydrogens is 306 g/mol. The number of carboxylic acid groups (broad SMARTS) is 1. The van der Waals surface area contributed by atoms with Crippen LogP contribution in [0.4, 0.5) is 4.79 Å². The van der Waals surface area contributed by atoms with Crippen LogP contribution in [0, 0.1) is 5.92 Å². The fraction of sp³-hybridized carbons (Fsp3) is 0.889. The first kappa shape index (κ1) is 19.0. The molecule has 2 rings (SSSR count). The molecule has 2 aliphatic rings. The third kappa shape index (κ3) is 5.96. The lowest BCUT2D eigenvalue weighted by Crippen LogP contribution is -2.45. The molecule has 3 unspecified atom stereocenters. The lowest BCUT2D eigenvalue weighted by atomic mass is 10.0. The molecule has 0 aromatic rings. The average Bonchev–Trinajstić information content (AvgIpc) is 2.87. The predicted octanol–water partition coefficient (Wildman–Crippen LogP) is 2.54. The highest BCUT2D eigenvalue weighted by Gasteiger charge is 2.25. The van der Waals surface area contributed by atoms with Crippen LogP contribution in [0.15, 0.2) is 0 Å². The fourth-order valence-electron chi connectivity index (χ4n) is 3.96. The number of likely N-dealkylation sites (N-methyl/N-ethyl adjacent to an activating group) is 1. The van der Waals surface area contributed by atoms with Crippen LogP contribution < -0.4 is 5.32 Å². The molecule has 1 saturated heterocycles. The first-order valence-electron chi connectivity index (χ1n) is 9.43. The summed E-state index contributed by atoms with van der Waals surface area (Å²) in [6.07, 6.45) is 8.59. The van der Waals surface area contributed by atoms with Gasteiger partial charge in [0.1, 0.15) is 0 Å². The van der Waals surface area contributed by atoms with Gasteiger partial charge in [0.2, 0.25) is 0 Å². The zero-order chi connectivity index (χ0) is 17.5. The minimum absolute atomic E-state index is 0.0658. The van der Waals surface area contributed by atoms with Crippen molar-refractivity contribution in [2.75, 3.05) is 26.7 Å². The number of carbonyl (C=O) groups is 2. The number of urea groups is 1. The molecule has 3 atom stereocenters. The van der Waals surface area contributed by atoms with E-state index in [1.165, 1.54) is 19.3 Å². The number of carboxylic acids is 1. The maximum Gasteiger partial charge on any atom is 0.317 e. The second-order valence-corrected chi connectivity index (χ2v) is 7.64. The summed E-state index contributed by atoms with van der Waals surface area (Å²) in [5.74, 6) is -0.0189. The van der Waals surface area contributed by atoms with Gasteiger partial charge in [-0.2, -0.15) is 0 Å². The molecule has 138 valence electrons. The molecular formula is C18H33N3O3. The van der Waals surface area contributed by atoms with Gasteiger partial charge in [-0.05, 0) is 51.5 Å². The number of hydrogen-bond acceptors (Lipinski definition) is 3. The van der Waals surface area contributed by atoms with Gasteiger partial charge in [0, 0.05) is 25.2 Å². The molecule has 0 aromatic carbocycles.